The molecule has 62 valence electrons. The van der Waals surface area contributed by atoms with Crippen molar-refractivity contribution in [1.82, 2.24) is 0 Å². The third-order valence-electron chi connectivity index (χ3n) is 1.80. The summed E-state index contributed by atoms with van der Waals surface area (Å²) >= 11 is 0. The van der Waals surface area contributed by atoms with Crippen LogP contribution in [-0.4, -0.2) is 23.1 Å². The van der Waals surface area contributed by atoms with E-state index >= 15 is 0 Å². The lowest BCUT2D eigenvalue weighted by molar-refractivity contribution is -0.199. The summed E-state index contributed by atoms with van der Waals surface area (Å²) in [4.78, 5) is 21.1. The summed E-state index contributed by atoms with van der Waals surface area (Å²) < 4.78 is 4.44. The van der Waals surface area contributed by atoms with Crippen LogP contribution in [0.4, 0.5) is 0 Å². The molecule has 1 heterocycles. The topological polar surface area (TPSA) is 63.6 Å². The molecule has 4 nitrogen and oxygen atoms in total. The van der Waals surface area contributed by atoms with E-state index in [1.807, 2.05) is 0 Å². The van der Waals surface area contributed by atoms with E-state index in [-0.39, 0.29) is 5.92 Å². The fourth-order valence-electron chi connectivity index (χ4n) is 1.15. The van der Waals surface area contributed by atoms with Crippen molar-refractivity contribution in [3.63, 3.8) is 0 Å². The van der Waals surface area contributed by atoms with Crippen LogP contribution in [0, 0.1) is 11.8 Å². The van der Waals surface area contributed by atoms with E-state index in [2.05, 4.69) is 4.74 Å². The van der Waals surface area contributed by atoms with Gasteiger partial charge in [-0.2, -0.15) is 0 Å². The van der Waals surface area contributed by atoms with E-state index in [4.69, 9.17) is 5.11 Å². The van der Waals surface area contributed by atoms with Gasteiger partial charge in [0.25, 0.3) is 0 Å². The second-order valence-corrected chi connectivity index (χ2v) is 2.97. The second-order valence-electron chi connectivity index (χ2n) is 2.97. The zero-order valence-corrected chi connectivity index (χ0v) is 6.40. The number of hydrogen-bond donors (Lipinski definition) is 1. The molecule has 0 aromatic heterocycles. The van der Waals surface area contributed by atoms with Gasteiger partial charge in [-0.25, -0.2) is 4.79 Å². The number of carbonyl (C=O) groups excluding carboxylic acids is 1. The van der Waals surface area contributed by atoms with Gasteiger partial charge in [-0.15, -0.1) is 0 Å². The highest BCUT2D eigenvalue weighted by Gasteiger charge is 2.48. The molecule has 1 aliphatic rings. The van der Waals surface area contributed by atoms with Crippen LogP contribution in [0.25, 0.3) is 0 Å². The van der Waals surface area contributed by atoms with Gasteiger partial charge in [0.15, 0.2) is 0 Å². The lowest BCUT2D eigenvalue weighted by Crippen LogP contribution is -2.52. The zero-order valence-electron chi connectivity index (χ0n) is 6.40. The molecule has 0 bridgehead atoms. The normalized spacial score (nSPS) is 29.5. The molecule has 11 heavy (non-hydrogen) atoms. The standard InChI is InChI=1S/C7H10O4/c1-3(2)4-5(6(8)9)11-7(4)10/h3-5H,1-2H3,(H,8,9)/t4-,5+/m0/s1. The molecule has 0 unspecified atom stereocenters. The third kappa shape index (κ3) is 1.20. The number of hydrogen-bond acceptors (Lipinski definition) is 3. The summed E-state index contributed by atoms with van der Waals surface area (Å²) in [6.07, 6.45) is -0.914. The Labute approximate surface area is 64.2 Å². The number of aliphatic carboxylic acids is 1. The van der Waals surface area contributed by atoms with Crippen molar-refractivity contribution in [1.29, 1.82) is 0 Å². The predicted molar refractivity (Wildman–Crippen MR) is 35.8 cm³/mol. The van der Waals surface area contributed by atoms with Crippen molar-refractivity contribution in [3.8, 4) is 0 Å². The molecule has 1 N–H and O–H groups in total. The maximum absolute atomic E-state index is 10.7. The number of carbonyl (C=O) groups is 2. The van der Waals surface area contributed by atoms with Crippen LogP contribution in [0.5, 0.6) is 0 Å². The van der Waals surface area contributed by atoms with Gasteiger partial charge in [0, 0.05) is 0 Å². The Morgan fingerprint density at radius 2 is 2.18 bits per heavy atom. The van der Waals surface area contributed by atoms with E-state index < -0.39 is 24.0 Å². The number of carboxylic acid groups (broad SMARTS) is 1. The van der Waals surface area contributed by atoms with Gasteiger partial charge in [0.2, 0.25) is 6.10 Å². The Hall–Kier alpha value is -1.06. The summed E-state index contributed by atoms with van der Waals surface area (Å²) in [6, 6.07) is 0. The van der Waals surface area contributed by atoms with Gasteiger partial charge in [-0.1, -0.05) is 13.8 Å². The van der Waals surface area contributed by atoms with Gasteiger partial charge >= 0.3 is 11.9 Å². The van der Waals surface area contributed by atoms with Crippen LogP contribution < -0.4 is 0 Å². The number of cyclic esters (lactones) is 1. The fourth-order valence-corrected chi connectivity index (χ4v) is 1.15. The van der Waals surface area contributed by atoms with E-state index in [0.717, 1.165) is 0 Å². The van der Waals surface area contributed by atoms with Gasteiger partial charge in [0.05, 0.1) is 0 Å². The molecular weight excluding hydrogens is 148 g/mol. The monoisotopic (exact) mass is 158 g/mol. The molecule has 0 spiro atoms. The highest BCUT2D eigenvalue weighted by Crippen LogP contribution is 2.29. The Kier molecular flexibility index (Phi) is 1.85. The molecule has 0 aromatic rings. The third-order valence-corrected chi connectivity index (χ3v) is 1.80. The van der Waals surface area contributed by atoms with Crippen LogP contribution in [0.3, 0.4) is 0 Å². The number of carboxylic acids is 1. The summed E-state index contributed by atoms with van der Waals surface area (Å²) in [5.74, 6) is -1.86. The van der Waals surface area contributed by atoms with Gasteiger partial charge in [-0.3, -0.25) is 4.79 Å². The average molecular weight is 158 g/mol. The van der Waals surface area contributed by atoms with Crippen molar-refractivity contribution in [3.05, 3.63) is 0 Å². The minimum absolute atomic E-state index is 0.0392. The molecule has 0 aliphatic carbocycles. The number of rotatable bonds is 2. The summed E-state index contributed by atoms with van der Waals surface area (Å²) in [5, 5.41) is 8.49. The molecule has 0 saturated carbocycles. The zero-order chi connectivity index (χ0) is 8.59. The van der Waals surface area contributed by atoms with Crippen LogP contribution in [0.15, 0.2) is 0 Å². The van der Waals surface area contributed by atoms with Crippen molar-refractivity contribution < 1.29 is 19.4 Å². The Balaban J connectivity index is 2.62. The largest absolute Gasteiger partial charge is 0.478 e. The smallest absolute Gasteiger partial charge is 0.345 e. The van der Waals surface area contributed by atoms with Crippen molar-refractivity contribution in [2.24, 2.45) is 11.8 Å². The van der Waals surface area contributed by atoms with Crippen molar-refractivity contribution in [2.75, 3.05) is 0 Å². The summed E-state index contributed by atoms with van der Waals surface area (Å²) in [6.45, 7) is 3.61. The number of esters is 1. The average Bonchev–Trinajstić information content (AvgIpc) is 1.80. The first-order chi connectivity index (χ1) is 5.04. The lowest BCUT2D eigenvalue weighted by Gasteiger charge is -2.34. The van der Waals surface area contributed by atoms with Crippen LogP contribution >= 0.6 is 0 Å². The summed E-state index contributed by atoms with van der Waals surface area (Å²) in [7, 11) is 0. The van der Waals surface area contributed by atoms with E-state index in [1.165, 1.54) is 0 Å². The Morgan fingerprint density at radius 1 is 1.64 bits per heavy atom. The summed E-state index contributed by atoms with van der Waals surface area (Å²) in [5.41, 5.74) is 0. The first-order valence-corrected chi connectivity index (χ1v) is 3.47. The van der Waals surface area contributed by atoms with Crippen LogP contribution in [-0.2, 0) is 14.3 Å². The minimum Gasteiger partial charge on any atom is -0.478 e. The number of ether oxygens (including phenoxy) is 1. The van der Waals surface area contributed by atoms with E-state index in [0.29, 0.717) is 0 Å². The molecule has 2 atom stereocenters. The SMILES string of the molecule is CC(C)[C@@H]1C(=O)O[C@H]1C(=O)O. The molecule has 1 rings (SSSR count). The van der Waals surface area contributed by atoms with Crippen LogP contribution in [0.2, 0.25) is 0 Å². The fraction of sp³-hybridized carbons (Fsp3) is 0.714. The highest BCUT2D eigenvalue weighted by molar-refractivity contribution is 5.90. The minimum atomic E-state index is -1.05. The second kappa shape index (κ2) is 2.53. The predicted octanol–water partition coefficient (Wildman–Crippen LogP) is 0.269. The molecule has 0 amide bonds. The molecule has 0 aromatic carbocycles. The van der Waals surface area contributed by atoms with E-state index in [1.54, 1.807) is 13.8 Å². The quantitative estimate of drug-likeness (QED) is 0.586. The first-order valence-electron chi connectivity index (χ1n) is 3.47. The molecule has 1 saturated heterocycles. The van der Waals surface area contributed by atoms with Crippen molar-refractivity contribution >= 4 is 11.9 Å². The van der Waals surface area contributed by atoms with E-state index in [9.17, 15) is 9.59 Å². The Bertz CT molecular complexity index is 197. The molecular formula is C7H10O4. The molecule has 1 fully saturated rings. The lowest BCUT2D eigenvalue weighted by atomic mass is 9.86. The maximum Gasteiger partial charge on any atom is 0.345 e. The molecule has 0 radical (unpaired) electrons. The highest BCUT2D eigenvalue weighted by atomic mass is 16.6. The molecule has 4 heteroatoms. The van der Waals surface area contributed by atoms with Gasteiger partial charge in [-0.05, 0) is 5.92 Å². The first kappa shape index (κ1) is 8.04. The van der Waals surface area contributed by atoms with Gasteiger partial charge < -0.3 is 9.84 Å². The Morgan fingerprint density at radius 3 is 2.36 bits per heavy atom. The molecule has 1 aliphatic heterocycles. The maximum atomic E-state index is 10.7. The van der Waals surface area contributed by atoms with Gasteiger partial charge in [0.1, 0.15) is 5.92 Å². The van der Waals surface area contributed by atoms with Crippen molar-refractivity contribution in [2.45, 2.75) is 20.0 Å². The van der Waals surface area contributed by atoms with Crippen LogP contribution in [0.1, 0.15) is 13.8 Å².